The second-order valence-electron chi connectivity index (χ2n) is 5.70. The standard InChI is InChI=1S/C21H15N3O/c1-25-20-7-3-6-18-19(13-24-21(18)20)16(11-22)10-14-4-2-5-15-12-23-9-8-17(14)15/h2-10,12-13,24H,1H3. The molecule has 0 amide bonds. The van der Waals surface area contributed by atoms with Crippen molar-refractivity contribution in [2.45, 2.75) is 0 Å². The van der Waals surface area contributed by atoms with Gasteiger partial charge in [-0.2, -0.15) is 5.26 Å². The summed E-state index contributed by atoms with van der Waals surface area (Å²) in [4.78, 5) is 7.38. The number of methoxy groups -OCH3 is 1. The molecule has 0 bridgehead atoms. The molecule has 0 spiro atoms. The number of allylic oxidation sites excluding steroid dienone is 1. The van der Waals surface area contributed by atoms with Gasteiger partial charge in [0.05, 0.1) is 24.3 Å². The van der Waals surface area contributed by atoms with Gasteiger partial charge in [0, 0.05) is 34.9 Å². The number of aromatic amines is 1. The van der Waals surface area contributed by atoms with Crippen molar-refractivity contribution in [2.24, 2.45) is 0 Å². The van der Waals surface area contributed by atoms with E-state index in [0.29, 0.717) is 5.57 Å². The molecule has 0 aliphatic carbocycles. The lowest BCUT2D eigenvalue weighted by atomic mass is 10.00. The van der Waals surface area contributed by atoms with E-state index in [2.05, 4.69) is 16.0 Å². The van der Waals surface area contributed by atoms with Crippen LogP contribution < -0.4 is 4.74 Å². The molecule has 120 valence electrons. The van der Waals surface area contributed by atoms with E-state index in [1.54, 1.807) is 13.3 Å². The van der Waals surface area contributed by atoms with Crippen LogP contribution in [0.25, 0.3) is 33.3 Å². The summed E-state index contributed by atoms with van der Waals surface area (Å²) in [5, 5.41) is 12.8. The number of H-pyrrole nitrogens is 1. The van der Waals surface area contributed by atoms with Crippen molar-refractivity contribution in [3.8, 4) is 11.8 Å². The Hall–Kier alpha value is -3.58. The molecule has 4 rings (SSSR count). The Bertz CT molecular complexity index is 1140. The van der Waals surface area contributed by atoms with Crippen LogP contribution in [0, 0.1) is 11.3 Å². The summed E-state index contributed by atoms with van der Waals surface area (Å²) in [6, 6.07) is 16.1. The number of nitrogens with zero attached hydrogens (tertiary/aromatic N) is 2. The topological polar surface area (TPSA) is 61.7 Å². The van der Waals surface area contributed by atoms with Gasteiger partial charge in [0.1, 0.15) is 5.75 Å². The van der Waals surface area contributed by atoms with Gasteiger partial charge in [-0.3, -0.25) is 4.98 Å². The summed E-state index contributed by atoms with van der Waals surface area (Å²) in [5.41, 5.74) is 3.35. The molecule has 1 N–H and O–H groups in total. The first-order valence-corrected chi connectivity index (χ1v) is 7.91. The van der Waals surface area contributed by atoms with Gasteiger partial charge >= 0.3 is 0 Å². The predicted molar refractivity (Wildman–Crippen MR) is 100 cm³/mol. The Morgan fingerprint density at radius 1 is 1.16 bits per heavy atom. The van der Waals surface area contributed by atoms with Gasteiger partial charge in [-0.25, -0.2) is 0 Å². The Morgan fingerprint density at radius 2 is 2.04 bits per heavy atom. The van der Waals surface area contributed by atoms with Crippen molar-refractivity contribution in [3.05, 3.63) is 72.2 Å². The fraction of sp³-hybridized carbons (Fsp3) is 0.0476. The largest absolute Gasteiger partial charge is 0.495 e. The molecule has 0 aliphatic rings. The minimum atomic E-state index is 0.601. The Morgan fingerprint density at radius 3 is 2.88 bits per heavy atom. The van der Waals surface area contributed by atoms with Crippen LogP contribution >= 0.6 is 0 Å². The molecule has 0 saturated carbocycles. The van der Waals surface area contributed by atoms with E-state index >= 15 is 0 Å². The average Bonchev–Trinajstić information content (AvgIpc) is 3.10. The zero-order valence-corrected chi connectivity index (χ0v) is 13.7. The Kier molecular flexibility index (Phi) is 3.68. The first kappa shape index (κ1) is 15.0. The molecule has 2 aromatic carbocycles. The highest BCUT2D eigenvalue weighted by atomic mass is 16.5. The zero-order chi connectivity index (χ0) is 17.2. The maximum atomic E-state index is 9.74. The lowest BCUT2D eigenvalue weighted by Gasteiger charge is -2.04. The zero-order valence-electron chi connectivity index (χ0n) is 13.7. The second-order valence-corrected chi connectivity index (χ2v) is 5.70. The van der Waals surface area contributed by atoms with Gasteiger partial charge in [0.2, 0.25) is 0 Å². The summed E-state index contributed by atoms with van der Waals surface area (Å²) in [6.45, 7) is 0. The number of hydrogen-bond donors (Lipinski definition) is 1. The first-order chi connectivity index (χ1) is 12.3. The van der Waals surface area contributed by atoms with E-state index in [4.69, 9.17) is 4.74 Å². The molecule has 0 atom stereocenters. The predicted octanol–water partition coefficient (Wildman–Crippen LogP) is 4.79. The van der Waals surface area contributed by atoms with Crippen molar-refractivity contribution < 1.29 is 4.74 Å². The Balaban J connectivity index is 1.91. The number of hydrogen-bond acceptors (Lipinski definition) is 3. The highest BCUT2D eigenvalue weighted by molar-refractivity contribution is 6.05. The lowest BCUT2D eigenvalue weighted by Crippen LogP contribution is -1.85. The van der Waals surface area contributed by atoms with Crippen molar-refractivity contribution in [3.63, 3.8) is 0 Å². The molecule has 0 radical (unpaired) electrons. The van der Waals surface area contributed by atoms with Crippen molar-refractivity contribution in [1.29, 1.82) is 5.26 Å². The van der Waals surface area contributed by atoms with Crippen molar-refractivity contribution in [1.82, 2.24) is 9.97 Å². The van der Waals surface area contributed by atoms with E-state index in [1.165, 1.54) is 0 Å². The summed E-state index contributed by atoms with van der Waals surface area (Å²) in [7, 11) is 1.64. The van der Waals surface area contributed by atoms with Crippen LogP contribution in [0.15, 0.2) is 61.1 Å². The highest BCUT2D eigenvalue weighted by Crippen LogP contribution is 2.32. The fourth-order valence-corrected chi connectivity index (χ4v) is 3.12. The number of para-hydroxylation sites is 1. The van der Waals surface area contributed by atoms with Crippen LogP contribution in [0.4, 0.5) is 0 Å². The first-order valence-electron chi connectivity index (χ1n) is 7.91. The van der Waals surface area contributed by atoms with Gasteiger partial charge in [-0.05, 0) is 29.2 Å². The third-order valence-electron chi connectivity index (χ3n) is 4.32. The molecule has 25 heavy (non-hydrogen) atoms. The van der Waals surface area contributed by atoms with Crippen LogP contribution in [0.1, 0.15) is 11.1 Å². The van der Waals surface area contributed by atoms with Crippen LogP contribution in [0.5, 0.6) is 5.75 Å². The van der Waals surface area contributed by atoms with E-state index in [9.17, 15) is 5.26 Å². The van der Waals surface area contributed by atoms with Gasteiger partial charge in [-0.1, -0.05) is 30.3 Å². The lowest BCUT2D eigenvalue weighted by molar-refractivity contribution is 0.419. The van der Waals surface area contributed by atoms with Gasteiger partial charge < -0.3 is 9.72 Å². The molecule has 2 heterocycles. The third-order valence-corrected chi connectivity index (χ3v) is 4.32. The molecule has 0 aliphatic heterocycles. The van der Waals surface area contributed by atoms with Crippen molar-refractivity contribution >= 4 is 33.3 Å². The maximum absolute atomic E-state index is 9.74. The third kappa shape index (κ3) is 2.52. The normalized spacial score (nSPS) is 11.6. The molecule has 0 fully saturated rings. The van der Waals surface area contributed by atoms with Gasteiger partial charge in [0.25, 0.3) is 0 Å². The molecule has 4 nitrogen and oxygen atoms in total. The summed E-state index contributed by atoms with van der Waals surface area (Å²) in [5.74, 6) is 0.761. The molecule has 2 aromatic heterocycles. The number of aromatic nitrogens is 2. The number of fused-ring (bicyclic) bond motifs is 2. The molecular weight excluding hydrogens is 310 g/mol. The number of nitriles is 1. The van der Waals surface area contributed by atoms with Gasteiger partial charge in [0.15, 0.2) is 0 Å². The summed E-state index contributed by atoms with van der Waals surface area (Å²) in [6.07, 6.45) is 7.37. The molecular formula is C21H15N3O. The molecule has 0 unspecified atom stereocenters. The number of nitrogens with one attached hydrogen (secondary N) is 1. The van der Waals surface area contributed by atoms with Crippen LogP contribution in [-0.4, -0.2) is 17.1 Å². The van der Waals surface area contributed by atoms with E-state index in [1.807, 2.05) is 60.9 Å². The quantitative estimate of drug-likeness (QED) is 0.551. The average molecular weight is 325 g/mol. The Labute approximate surface area is 145 Å². The number of rotatable bonds is 3. The smallest absolute Gasteiger partial charge is 0.142 e. The minimum Gasteiger partial charge on any atom is -0.495 e. The number of pyridine rings is 1. The fourth-order valence-electron chi connectivity index (χ4n) is 3.12. The van der Waals surface area contributed by atoms with Crippen LogP contribution in [0.3, 0.4) is 0 Å². The van der Waals surface area contributed by atoms with Crippen LogP contribution in [0.2, 0.25) is 0 Å². The SMILES string of the molecule is COc1cccc2c(C(C#N)=Cc3cccc4cnccc34)c[nH]c12. The van der Waals surface area contributed by atoms with Crippen LogP contribution in [-0.2, 0) is 0 Å². The second kappa shape index (κ2) is 6.14. The number of ether oxygens (including phenoxy) is 1. The highest BCUT2D eigenvalue weighted by Gasteiger charge is 2.12. The summed E-state index contributed by atoms with van der Waals surface area (Å²) >= 11 is 0. The number of benzene rings is 2. The molecule has 4 aromatic rings. The summed E-state index contributed by atoms with van der Waals surface area (Å²) < 4.78 is 5.39. The van der Waals surface area contributed by atoms with Gasteiger partial charge in [-0.15, -0.1) is 0 Å². The monoisotopic (exact) mass is 325 g/mol. The molecule has 0 saturated heterocycles. The van der Waals surface area contributed by atoms with Crippen molar-refractivity contribution in [2.75, 3.05) is 7.11 Å². The minimum absolute atomic E-state index is 0.601. The van der Waals surface area contributed by atoms with E-state index in [-0.39, 0.29) is 0 Å². The van der Waals surface area contributed by atoms with E-state index in [0.717, 1.165) is 38.6 Å². The van der Waals surface area contributed by atoms with E-state index < -0.39 is 0 Å². The molecule has 4 heteroatoms. The maximum Gasteiger partial charge on any atom is 0.142 e.